The number of hydrogen-bond acceptors (Lipinski definition) is 3. The summed E-state index contributed by atoms with van der Waals surface area (Å²) in [5.41, 5.74) is 0. The predicted octanol–water partition coefficient (Wildman–Crippen LogP) is 0.865. The van der Waals surface area contributed by atoms with Gasteiger partial charge < -0.3 is 15.3 Å². The molecule has 4 atom stereocenters. The molecule has 0 saturated heterocycles. The molecule has 1 aliphatic rings. The average Bonchev–Trinajstić information content (AvgIpc) is 2.16. The Balaban J connectivity index is 2.85. The van der Waals surface area contributed by atoms with E-state index in [-0.39, 0.29) is 11.8 Å². The van der Waals surface area contributed by atoms with Crippen molar-refractivity contribution in [2.75, 3.05) is 0 Å². The van der Waals surface area contributed by atoms with Gasteiger partial charge in [0.1, 0.15) is 0 Å². The second kappa shape index (κ2) is 4.94. The van der Waals surface area contributed by atoms with Crippen LogP contribution in [-0.4, -0.2) is 33.5 Å². The number of aliphatic hydroxyl groups is 2. The van der Waals surface area contributed by atoms with Crippen LogP contribution in [0.4, 0.5) is 0 Å². The van der Waals surface area contributed by atoms with Crippen molar-refractivity contribution < 1.29 is 20.1 Å². The Morgan fingerprint density at radius 2 is 1.53 bits per heavy atom. The summed E-state index contributed by atoms with van der Waals surface area (Å²) in [6.07, 6.45) is 1.12. The molecule has 1 saturated carbocycles. The Labute approximate surface area is 89.9 Å². The number of rotatable bonds is 3. The van der Waals surface area contributed by atoms with E-state index in [1.165, 1.54) is 0 Å². The molecule has 1 rings (SSSR count). The molecule has 0 radical (unpaired) electrons. The molecule has 1 aliphatic carbocycles. The van der Waals surface area contributed by atoms with Gasteiger partial charge in [-0.15, -0.1) is 0 Å². The maximum Gasteiger partial charge on any atom is 0.307 e. The van der Waals surface area contributed by atoms with Crippen molar-refractivity contribution >= 4 is 5.97 Å². The van der Waals surface area contributed by atoms with Gasteiger partial charge in [0, 0.05) is 0 Å². The minimum atomic E-state index is -0.897. The lowest BCUT2D eigenvalue weighted by atomic mass is 9.68. The van der Waals surface area contributed by atoms with Gasteiger partial charge in [-0.3, -0.25) is 4.79 Å². The van der Waals surface area contributed by atoms with Crippen LogP contribution < -0.4 is 0 Å². The smallest absolute Gasteiger partial charge is 0.307 e. The van der Waals surface area contributed by atoms with Gasteiger partial charge in [-0.25, -0.2) is 0 Å². The second-order valence-electron chi connectivity index (χ2n) is 4.60. The van der Waals surface area contributed by atoms with Crippen molar-refractivity contribution in [3.8, 4) is 0 Å². The lowest BCUT2D eigenvalue weighted by Gasteiger charge is -2.38. The Bertz CT molecular complexity index is 209. The van der Waals surface area contributed by atoms with E-state index < -0.39 is 24.1 Å². The molecule has 0 aromatic heterocycles. The van der Waals surface area contributed by atoms with Crippen LogP contribution in [0.2, 0.25) is 0 Å². The first kappa shape index (κ1) is 12.5. The third kappa shape index (κ3) is 2.69. The first-order valence-electron chi connectivity index (χ1n) is 5.54. The zero-order valence-electron chi connectivity index (χ0n) is 9.26. The standard InChI is InChI=1S/C11H20O4/c1-6(12)8-4-3-5-9(7(2)13)10(8)11(14)15/h6-10,12-13H,3-5H2,1-2H3,(H,14,15). The van der Waals surface area contributed by atoms with Gasteiger partial charge in [0.25, 0.3) is 0 Å². The van der Waals surface area contributed by atoms with Crippen LogP contribution in [0.15, 0.2) is 0 Å². The minimum Gasteiger partial charge on any atom is -0.481 e. The van der Waals surface area contributed by atoms with E-state index in [2.05, 4.69) is 0 Å². The summed E-state index contributed by atoms with van der Waals surface area (Å²) < 4.78 is 0. The molecular weight excluding hydrogens is 196 g/mol. The van der Waals surface area contributed by atoms with Crippen LogP contribution in [-0.2, 0) is 4.79 Å². The lowest BCUT2D eigenvalue weighted by Crippen LogP contribution is -2.43. The van der Waals surface area contributed by atoms with Crippen molar-refractivity contribution in [1.82, 2.24) is 0 Å². The molecule has 4 unspecified atom stereocenters. The summed E-state index contributed by atoms with van der Waals surface area (Å²) >= 11 is 0. The summed E-state index contributed by atoms with van der Waals surface area (Å²) in [7, 11) is 0. The van der Waals surface area contributed by atoms with Crippen LogP contribution in [0.25, 0.3) is 0 Å². The van der Waals surface area contributed by atoms with Crippen molar-refractivity contribution in [2.24, 2.45) is 17.8 Å². The fourth-order valence-electron chi connectivity index (χ4n) is 2.71. The summed E-state index contributed by atoms with van der Waals surface area (Å²) in [5.74, 6) is -1.96. The van der Waals surface area contributed by atoms with Crippen molar-refractivity contribution in [3.05, 3.63) is 0 Å². The summed E-state index contributed by atoms with van der Waals surface area (Å²) in [6.45, 7) is 3.26. The zero-order valence-corrected chi connectivity index (χ0v) is 9.26. The van der Waals surface area contributed by atoms with E-state index in [1.807, 2.05) is 0 Å². The van der Waals surface area contributed by atoms with E-state index in [0.717, 1.165) is 19.3 Å². The molecule has 0 aliphatic heterocycles. The molecular formula is C11H20O4. The van der Waals surface area contributed by atoms with E-state index >= 15 is 0 Å². The van der Waals surface area contributed by atoms with E-state index in [9.17, 15) is 15.0 Å². The van der Waals surface area contributed by atoms with E-state index in [0.29, 0.717) is 0 Å². The Morgan fingerprint density at radius 3 is 1.80 bits per heavy atom. The minimum absolute atomic E-state index is 0.226. The number of aliphatic hydroxyl groups excluding tert-OH is 2. The van der Waals surface area contributed by atoms with Crippen LogP contribution in [0.1, 0.15) is 33.1 Å². The van der Waals surface area contributed by atoms with E-state index in [4.69, 9.17) is 5.11 Å². The highest BCUT2D eigenvalue weighted by Crippen LogP contribution is 2.38. The zero-order chi connectivity index (χ0) is 11.6. The molecule has 15 heavy (non-hydrogen) atoms. The molecule has 0 spiro atoms. The Morgan fingerprint density at radius 1 is 1.13 bits per heavy atom. The molecule has 3 N–H and O–H groups in total. The predicted molar refractivity (Wildman–Crippen MR) is 55.3 cm³/mol. The number of aliphatic carboxylic acids is 1. The Kier molecular flexibility index (Phi) is 4.11. The van der Waals surface area contributed by atoms with Gasteiger partial charge >= 0.3 is 5.97 Å². The summed E-state index contributed by atoms with van der Waals surface area (Å²) in [6, 6.07) is 0. The third-order valence-electron chi connectivity index (χ3n) is 3.52. The van der Waals surface area contributed by atoms with Crippen LogP contribution in [0.3, 0.4) is 0 Å². The fourth-order valence-corrected chi connectivity index (χ4v) is 2.71. The summed E-state index contributed by atoms with van der Waals surface area (Å²) in [5, 5.41) is 28.3. The molecule has 88 valence electrons. The monoisotopic (exact) mass is 216 g/mol. The number of carbonyl (C=O) groups is 1. The number of carboxylic acid groups (broad SMARTS) is 1. The topological polar surface area (TPSA) is 77.8 Å². The largest absolute Gasteiger partial charge is 0.481 e. The second-order valence-corrected chi connectivity index (χ2v) is 4.60. The first-order valence-corrected chi connectivity index (χ1v) is 5.54. The Hall–Kier alpha value is -0.610. The number of carboxylic acids is 1. The van der Waals surface area contributed by atoms with Gasteiger partial charge in [0.2, 0.25) is 0 Å². The molecule has 0 aromatic rings. The molecule has 0 amide bonds. The lowest BCUT2D eigenvalue weighted by molar-refractivity contribution is -0.153. The van der Waals surface area contributed by atoms with Gasteiger partial charge in [-0.1, -0.05) is 6.42 Å². The molecule has 1 fully saturated rings. The highest BCUT2D eigenvalue weighted by atomic mass is 16.4. The highest BCUT2D eigenvalue weighted by molar-refractivity contribution is 5.71. The first-order chi connectivity index (χ1) is 6.95. The van der Waals surface area contributed by atoms with Gasteiger partial charge in [-0.2, -0.15) is 0 Å². The third-order valence-corrected chi connectivity index (χ3v) is 3.52. The molecule has 4 heteroatoms. The number of hydrogen-bond donors (Lipinski definition) is 3. The van der Waals surface area contributed by atoms with Gasteiger partial charge in [0.15, 0.2) is 0 Å². The van der Waals surface area contributed by atoms with Crippen molar-refractivity contribution in [2.45, 2.75) is 45.3 Å². The maximum atomic E-state index is 11.2. The highest BCUT2D eigenvalue weighted by Gasteiger charge is 2.42. The maximum absolute atomic E-state index is 11.2. The van der Waals surface area contributed by atoms with Gasteiger partial charge in [0.05, 0.1) is 18.1 Å². The normalized spacial score (nSPS) is 35.9. The van der Waals surface area contributed by atoms with Crippen LogP contribution in [0.5, 0.6) is 0 Å². The van der Waals surface area contributed by atoms with Crippen molar-refractivity contribution in [3.63, 3.8) is 0 Å². The molecule has 0 bridgehead atoms. The van der Waals surface area contributed by atoms with Gasteiger partial charge in [-0.05, 0) is 38.5 Å². The SMILES string of the molecule is CC(O)C1CCCC(C(C)O)C1C(=O)O. The average molecular weight is 216 g/mol. The summed E-state index contributed by atoms with van der Waals surface area (Å²) in [4.78, 5) is 11.2. The van der Waals surface area contributed by atoms with Crippen LogP contribution >= 0.6 is 0 Å². The van der Waals surface area contributed by atoms with Crippen molar-refractivity contribution in [1.29, 1.82) is 0 Å². The molecule has 4 nitrogen and oxygen atoms in total. The quantitative estimate of drug-likeness (QED) is 0.654. The molecule has 0 aromatic carbocycles. The van der Waals surface area contributed by atoms with Crippen LogP contribution in [0, 0.1) is 17.8 Å². The van der Waals surface area contributed by atoms with E-state index in [1.54, 1.807) is 13.8 Å². The molecule has 0 heterocycles. The fraction of sp³-hybridized carbons (Fsp3) is 0.909.